The fraction of sp³-hybridized carbons (Fsp3) is 0.352. The Morgan fingerprint density at radius 1 is 0.355 bits per heavy atom. The number of hydrogen-bond acceptors (Lipinski definition) is 15. The van der Waals surface area contributed by atoms with Crippen LogP contribution in [0.1, 0.15) is 324 Å². The lowest BCUT2D eigenvalue weighted by Gasteiger charge is -2.27. The van der Waals surface area contributed by atoms with Gasteiger partial charge in [-0.15, -0.1) is 10.2 Å². The molecule has 0 amide bonds. The second-order valence-corrected chi connectivity index (χ2v) is 48.2. The highest BCUT2D eigenvalue weighted by molar-refractivity contribution is 7.99. The van der Waals surface area contributed by atoms with Crippen molar-refractivity contribution in [2.75, 3.05) is 10.6 Å². The van der Waals surface area contributed by atoms with Gasteiger partial charge in [-0.05, 0) is 216 Å². The van der Waals surface area contributed by atoms with Crippen LogP contribution < -0.4 is 10.6 Å². The van der Waals surface area contributed by atoms with Gasteiger partial charge in [0.25, 0.3) is 0 Å². The smallest absolute Gasteiger partial charge is 0.187 e. The van der Waals surface area contributed by atoms with Crippen molar-refractivity contribution in [3.05, 3.63) is 355 Å². The standard InChI is InChI=1S/C27H31NO2S.C26H30N2OS.C25H33NO.C22H29NO2.C22H27NO2/c1-26(2,3)20-16-19(25(29)22(17-20)27(4,5)6)18-28-23-14-10-11-15-24(23)31(30)21-12-8-7-9-13-21;1-25(2,3)18-16-20(26(4,5)6)24(29)22(17-18)28-27-21-14-10-11-15-23(21)30-19-12-8-7-9-13-19;1-17-11-9-10-12-22(17)26-18(2)15-23(27)20-14-13-19(24(3,4)5)16-21(20)25(6,7)8;2*1-21(2,3)17-11-16(20(25)18(12-17)22(4,5)6)13-23-19-10-8-7-9-15(19)14-24/h7-18,29H,1-6H3;7-17,29H,1-6H3;9-16,26H,1-8H3;7-12,14,23,25H,13H2,1-6H3;7-14,25H,1-6H3. The van der Waals surface area contributed by atoms with E-state index in [1.54, 1.807) is 54.5 Å². The summed E-state index contributed by atoms with van der Waals surface area (Å²) < 4.78 is 13.1. The topological polar surface area (TPSA) is 223 Å². The first kappa shape index (κ1) is 111. The molecule has 6 N–H and O–H groups in total. The normalized spacial score (nSPS) is 12.7. The van der Waals surface area contributed by atoms with Crippen molar-refractivity contribution >= 4 is 87.5 Å². The van der Waals surface area contributed by atoms with Crippen molar-refractivity contribution in [3.8, 4) is 23.0 Å². The molecule has 1 atom stereocenters. The molecular formula is C122H150N6O8S2. The summed E-state index contributed by atoms with van der Waals surface area (Å²) in [5.41, 5.74) is 20.0. The van der Waals surface area contributed by atoms with E-state index in [1.165, 1.54) is 11.1 Å². The Morgan fingerprint density at radius 3 is 1.22 bits per heavy atom. The number of benzene rings is 12. The molecule has 12 aromatic rings. The molecule has 0 bridgehead atoms. The van der Waals surface area contributed by atoms with E-state index in [-0.39, 0.29) is 77.2 Å². The summed E-state index contributed by atoms with van der Waals surface area (Å²) >= 11 is 1.65. The maximum Gasteiger partial charge on any atom is 0.187 e. The number of anilines is 2. The Bertz CT molecular complexity index is 6390. The summed E-state index contributed by atoms with van der Waals surface area (Å²) in [6, 6.07) is 80.2. The van der Waals surface area contributed by atoms with Crippen LogP contribution in [0.25, 0.3) is 0 Å². The van der Waals surface area contributed by atoms with Crippen molar-refractivity contribution in [2.45, 2.75) is 302 Å². The second-order valence-electron chi connectivity index (χ2n) is 45.6. The Hall–Kier alpha value is -12.4. The molecule has 12 rings (SSSR count). The molecule has 1 unspecified atom stereocenters. The Morgan fingerprint density at radius 2 is 0.739 bits per heavy atom. The average molecular weight is 1890 g/mol. The number of para-hydroxylation sites is 4. The fourth-order valence-electron chi connectivity index (χ4n) is 14.8. The quantitative estimate of drug-likeness (QED) is 0.0147. The van der Waals surface area contributed by atoms with Crippen LogP contribution in [0.4, 0.5) is 34.1 Å². The lowest BCUT2D eigenvalue weighted by Crippen LogP contribution is -2.20. The van der Waals surface area contributed by atoms with Crippen LogP contribution in [0.15, 0.2) is 300 Å². The number of azo groups is 1. The van der Waals surface area contributed by atoms with Crippen molar-refractivity contribution in [2.24, 2.45) is 20.2 Å². The Labute approximate surface area is 831 Å². The number of carbonyl (C=O) groups excluding carboxylic acids is 3. The number of nitrogens with one attached hydrogen (secondary N) is 2. The van der Waals surface area contributed by atoms with E-state index in [9.17, 15) is 39.0 Å². The van der Waals surface area contributed by atoms with Crippen molar-refractivity contribution < 1.29 is 39.0 Å². The van der Waals surface area contributed by atoms with Gasteiger partial charge in [-0.2, -0.15) is 0 Å². The van der Waals surface area contributed by atoms with Crippen molar-refractivity contribution in [1.82, 2.24) is 0 Å². The molecule has 0 heterocycles. The van der Waals surface area contributed by atoms with Gasteiger partial charge in [0, 0.05) is 107 Å². The summed E-state index contributed by atoms with van der Waals surface area (Å²) in [6.45, 7) is 68.6. The van der Waals surface area contributed by atoms with Gasteiger partial charge >= 0.3 is 0 Å². The number of hydrogen-bond donors (Lipinski definition) is 6. The minimum atomic E-state index is -1.33. The Kier molecular flexibility index (Phi) is 36.9. The number of aryl methyl sites for hydroxylation is 1. The van der Waals surface area contributed by atoms with E-state index in [4.69, 9.17) is 0 Å². The molecule has 728 valence electrons. The zero-order valence-electron chi connectivity index (χ0n) is 87.8. The van der Waals surface area contributed by atoms with E-state index in [1.807, 2.05) is 171 Å². The molecule has 0 aliphatic carbocycles. The highest BCUT2D eigenvalue weighted by atomic mass is 32.2. The summed E-state index contributed by atoms with van der Waals surface area (Å²) in [6.07, 6.45) is 6.66. The first-order chi connectivity index (χ1) is 64.0. The van der Waals surface area contributed by atoms with Crippen LogP contribution >= 0.6 is 11.8 Å². The predicted octanol–water partition coefficient (Wildman–Crippen LogP) is 33.2. The molecule has 0 aromatic heterocycles. The SMILES string of the molecule is CC(=CC(=O)c1ccc(C(C)(C)C)cc1C(C)(C)C)Nc1ccccc1C.CC(C)(C)c1cc(C=Nc2ccccc2C=O)c(O)c(C(C)(C)C)c1.CC(C)(C)c1cc(C=Nc2ccccc2S(=O)c2ccccc2)c(O)c(C(C)(C)C)c1.CC(C)(C)c1cc(CNc2ccccc2C=O)c(O)c(C(C)(C)C)c1.CC(C)(C)c1cc(N=Nc2ccccc2Sc2ccccc2)c(O)c(C(C)(C)C)c1. The van der Waals surface area contributed by atoms with Crippen LogP contribution in [-0.2, 0) is 71.5 Å². The number of aliphatic imine (C=N–C) groups is 2. The van der Waals surface area contributed by atoms with Crippen LogP contribution in [0, 0.1) is 6.92 Å². The third-order valence-electron chi connectivity index (χ3n) is 23.5. The summed E-state index contributed by atoms with van der Waals surface area (Å²) in [7, 11) is -1.33. The minimum absolute atomic E-state index is 0.0108. The van der Waals surface area contributed by atoms with Crippen LogP contribution in [0.2, 0.25) is 0 Å². The largest absolute Gasteiger partial charge is 0.507 e. The van der Waals surface area contributed by atoms with Gasteiger partial charge in [0.05, 0.1) is 32.8 Å². The number of phenols is 4. The number of ketones is 1. The molecule has 0 fully saturated rings. The number of phenolic OH excluding ortho intramolecular Hbond substituents is 4. The van der Waals surface area contributed by atoms with Gasteiger partial charge in [0.1, 0.15) is 28.7 Å². The molecule has 0 aliphatic heterocycles. The number of allylic oxidation sites excluding steroid dienone is 2. The molecule has 0 spiro atoms. The molecular weight excluding hydrogens is 1740 g/mol. The third-order valence-corrected chi connectivity index (χ3v) is 26.0. The summed E-state index contributed by atoms with van der Waals surface area (Å²) in [4.78, 5) is 48.0. The molecule has 12 aromatic carbocycles. The van der Waals surface area contributed by atoms with Gasteiger partial charge in [-0.1, -0.05) is 365 Å². The van der Waals surface area contributed by atoms with Gasteiger partial charge in [0.15, 0.2) is 18.4 Å². The molecule has 0 saturated carbocycles. The summed E-state index contributed by atoms with van der Waals surface area (Å²) in [5.74, 6) is 1.06. The van der Waals surface area contributed by atoms with Crippen molar-refractivity contribution in [3.63, 3.8) is 0 Å². The minimum Gasteiger partial charge on any atom is -0.507 e. The summed E-state index contributed by atoms with van der Waals surface area (Å²) in [5, 5.41) is 59.1. The number of aromatic hydroxyl groups is 4. The van der Waals surface area contributed by atoms with E-state index >= 15 is 0 Å². The molecule has 0 saturated heterocycles. The molecule has 138 heavy (non-hydrogen) atoms. The van der Waals surface area contributed by atoms with Crippen LogP contribution in [0.3, 0.4) is 0 Å². The third kappa shape index (κ3) is 31.3. The highest BCUT2D eigenvalue weighted by Gasteiger charge is 2.32. The van der Waals surface area contributed by atoms with E-state index in [0.717, 1.165) is 111 Å². The maximum atomic E-state index is 13.1. The van der Waals surface area contributed by atoms with E-state index in [2.05, 4.69) is 306 Å². The first-order valence-electron chi connectivity index (χ1n) is 47.4. The number of carbonyl (C=O) groups is 3. The number of rotatable bonds is 19. The van der Waals surface area contributed by atoms with Gasteiger partial charge in [-0.3, -0.25) is 24.4 Å². The molecule has 16 heteroatoms. The predicted molar refractivity (Wildman–Crippen MR) is 583 cm³/mol. The van der Waals surface area contributed by atoms with E-state index in [0.29, 0.717) is 56.5 Å². The first-order valence-corrected chi connectivity index (χ1v) is 49.4. The number of nitrogens with zero attached hydrogens (tertiary/aromatic N) is 4. The molecule has 0 radical (unpaired) electrons. The lowest BCUT2D eigenvalue weighted by molar-refractivity contribution is 0.104. The Balaban J connectivity index is 0.000000212. The van der Waals surface area contributed by atoms with Gasteiger partial charge in [0.2, 0.25) is 0 Å². The lowest BCUT2D eigenvalue weighted by atomic mass is 9.77. The van der Waals surface area contributed by atoms with Crippen molar-refractivity contribution in [1.29, 1.82) is 0 Å². The average Bonchev–Trinajstić information content (AvgIpc) is 0.797. The maximum absolute atomic E-state index is 13.1. The van der Waals surface area contributed by atoms with Crippen LogP contribution in [-0.4, -0.2) is 55.4 Å². The zero-order valence-corrected chi connectivity index (χ0v) is 89.4. The van der Waals surface area contributed by atoms with Gasteiger partial charge < -0.3 is 31.1 Å². The molecule has 0 aliphatic rings. The molecule has 14 nitrogen and oxygen atoms in total. The second kappa shape index (κ2) is 45.9. The van der Waals surface area contributed by atoms with Gasteiger partial charge in [-0.25, -0.2) is 4.21 Å². The number of aldehydes is 2. The zero-order chi connectivity index (χ0) is 103. The highest BCUT2D eigenvalue weighted by Crippen LogP contribution is 2.46. The van der Waals surface area contributed by atoms with Crippen LogP contribution in [0.5, 0.6) is 23.0 Å². The fourth-order valence-corrected chi connectivity index (χ4v) is 16.9. The van der Waals surface area contributed by atoms with E-state index < -0.39 is 10.8 Å². The monoisotopic (exact) mass is 1890 g/mol.